The molecule has 91 heavy (non-hydrogen) atoms. The molecule has 7 aromatic rings. The van der Waals surface area contributed by atoms with Crippen LogP contribution >= 0.6 is 7.82 Å². The standard InChI is InChI=1S/C63H66N9O18P/c1-38(2)58(77)68-61-67-57-56(60(79)69-61)66-37-72(57)54-32-48(89-55(76)27-14-39(3)73)51(88-54)36-86-91(81,85-30-10-28-64)90-49-33-53(71-34-41(59(78)70-62(71)80)11-9-29-65-52(75)31-40-15-21-45(74)22-16-40)87-50(49)35-84-63(42-12-7-6-8-13-42,43-17-23-46(82-4)24-18-43)44-19-25-47(83-5)26-20-44/h6-8,12-13,15-26,34,37-38,48-51,53-54,74H,10,14,27,29-33,35-36H2,1-5H3,(H,65,75)(H,70,78,80)(H2,67,68,69,77,79)/t48?,49?,50-,51-,53-,54-,91?/m1/s1. The first-order chi connectivity index (χ1) is 43.8. The quantitative estimate of drug-likeness (QED) is 0.0129. The Morgan fingerprint density at radius 2 is 1.45 bits per heavy atom. The molecule has 2 aliphatic rings. The second-order valence-electron chi connectivity index (χ2n) is 21.4. The van der Waals surface area contributed by atoms with Gasteiger partial charge in [-0.2, -0.15) is 10.2 Å². The van der Waals surface area contributed by atoms with E-state index in [-0.39, 0.29) is 85.2 Å². The van der Waals surface area contributed by atoms with Gasteiger partial charge < -0.3 is 43.6 Å². The summed E-state index contributed by atoms with van der Waals surface area (Å²) in [5.41, 5.74) is -1.73. The van der Waals surface area contributed by atoms with E-state index >= 15 is 4.57 Å². The summed E-state index contributed by atoms with van der Waals surface area (Å²) in [6.45, 7) is 2.85. The molecule has 476 valence electrons. The number of anilines is 1. The number of aromatic amines is 2. The van der Waals surface area contributed by atoms with E-state index in [4.69, 9.17) is 42.0 Å². The van der Waals surface area contributed by atoms with Crippen molar-refractivity contribution in [3.8, 4) is 35.2 Å². The van der Waals surface area contributed by atoms with Gasteiger partial charge in [0.05, 0.1) is 72.2 Å². The van der Waals surface area contributed by atoms with Gasteiger partial charge in [-0.15, -0.1) is 0 Å². The third kappa shape index (κ3) is 16.3. The van der Waals surface area contributed by atoms with Crippen LogP contribution in [0.3, 0.4) is 0 Å². The van der Waals surface area contributed by atoms with Crippen LogP contribution in [0.2, 0.25) is 0 Å². The van der Waals surface area contributed by atoms with Crippen molar-refractivity contribution in [2.45, 2.75) is 102 Å². The van der Waals surface area contributed by atoms with Crippen molar-refractivity contribution >= 4 is 48.5 Å². The van der Waals surface area contributed by atoms with Gasteiger partial charge in [0.2, 0.25) is 17.8 Å². The zero-order valence-corrected chi connectivity index (χ0v) is 51.0. The summed E-state index contributed by atoms with van der Waals surface area (Å²) in [5.74, 6) is 4.05. The van der Waals surface area contributed by atoms with Crippen LogP contribution in [0, 0.1) is 29.1 Å². The van der Waals surface area contributed by atoms with Gasteiger partial charge in [-0.05, 0) is 65.6 Å². The largest absolute Gasteiger partial charge is 0.508 e. The number of carbonyl (C=O) groups is 4. The number of esters is 1. The number of phosphoric ester groups is 1. The number of H-pyrrole nitrogens is 2. The number of Topliss-reactive ketones (excluding diaryl/α,β-unsaturated/α-hetero) is 1. The Labute approximate surface area is 520 Å². The third-order valence-corrected chi connectivity index (χ3v) is 16.3. The number of phosphoric acid groups is 1. The van der Waals surface area contributed by atoms with E-state index < -0.39 is 105 Å². The molecule has 4 aromatic carbocycles. The lowest BCUT2D eigenvalue weighted by molar-refractivity contribution is -0.153. The number of aromatic nitrogens is 6. The van der Waals surface area contributed by atoms with Crippen LogP contribution < -0.4 is 36.9 Å². The summed E-state index contributed by atoms with van der Waals surface area (Å²) >= 11 is 0. The van der Waals surface area contributed by atoms with Crippen molar-refractivity contribution in [3.05, 3.63) is 175 Å². The molecule has 0 bridgehead atoms. The number of hydrogen-bond acceptors (Lipinski definition) is 21. The molecule has 2 aliphatic heterocycles. The summed E-state index contributed by atoms with van der Waals surface area (Å²) in [7, 11) is -1.92. The molecule has 0 radical (unpaired) electrons. The number of phenols is 1. The molecule has 9 rings (SSSR count). The second kappa shape index (κ2) is 29.8. The zero-order valence-electron chi connectivity index (χ0n) is 50.2. The second-order valence-corrected chi connectivity index (χ2v) is 23.0. The first-order valence-corrected chi connectivity index (χ1v) is 30.3. The topological polar surface area (TPSA) is 355 Å². The van der Waals surface area contributed by atoms with Crippen molar-refractivity contribution < 1.29 is 70.8 Å². The Bertz CT molecular complexity index is 4030. The fourth-order valence-corrected chi connectivity index (χ4v) is 11.5. The number of benzene rings is 4. The summed E-state index contributed by atoms with van der Waals surface area (Å²) < 4.78 is 73.7. The molecule has 27 nitrogen and oxygen atoms in total. The number of amides is 2. The van der Waals surface area contributed by atoms with Crippen LogP contribution in [-0.2, 0) is 68.3 Å². The van der Waals surface area contributed by atoms with Gasteiger partial charge in [0.15, 0.2) is 11.2 Å². The number of rotatable bonds is 27. The van der Waals surface area contributed by atoms with Gasteiger partial charge in [0.25, 0.3) is 11.1 Å². The number of methoxy groups -OCH3 is 2. The molecule has 0 saturated carbocycles. The first-order valence-electron chi connectivity index (χ1n) is 28.9. The Balaban J connectivity index is 1.06. The molecule has 28 heteroatoms. The van der Waals surface area contributed by atoms with Gasteiger partial charge >= 0.3 is 19.5 Å². The molecule has 2 fully saturated rings. The van der Waals surface area contributed by atoms with Crippen molar-refractivity contribution in [1.29, 1.82) is 5.26 Å². The van der Waals surface area contributed by atoms with E-state index in [0.717, 1.165) is 4.57 Å². The normalized spacial score (nSPS) is 18.6. The molecule has 3 aromatic heterocycles. The van der Waals surface area contributed by atoms with Crippen molar-refractivity contribution in [1.82, 2.24) is 34.4 Å². The van der Waals surface area contributed by atoms with Crippen LogP contribution in [0.1, 0.15) is 93.1 Å². The number of carbonyl (C=O) groups excluding carboxylic acids is 4. The minimum absolute atomic E-state index is 0.0161. The highest BCUT2D eigenvalue weighted by Crippen LogP contribution is 2.54. The first kappa shape index (κ1) is 65.9. The minimum atomic E-state index is -4.99. The van der Waals surface area contributed by atoms with Crippen LogP contribution in [0.5, 0.6) is 17.2 Å². The lowest BCUT2D eigenvalue weighted by Crippen LogP contribution is -2.38. The number of nitriles is 1. The maximum atomic E-state index is 15.5. The van der Waals surface area contributed by atoms with E-state index in [1.165, 1.54) is 50.4 Å². The lowest BCUT2D eigenvalue weighted by atomic mass is 9.80. The fourth-order valence-electron chi connectivity index (χ4n) is 10.1. The average molecular weight is 1270 g/mol. The van der Waals surface area contributed by atoms with Crippen molar-refractivity contribution in [3.63, 3.8) is 0 Å². The molecule has 2 saturated heterocycles. The molecular formula is C63H66N9O18P. The van der Waals surface area contributed by atoms with E-state index in [2.05, 4.69) is 42.4 Å². The summed E-state index contributed by atoms with van der Waals surface area (Å²) in [6.07, 6.45) is -6.33. The van der Waals surface area contributed by atoms with E-state index in [1.54, 1.807) is 50.2 Å². The molecule has 0 spiro atoms. The highest BCUT2D eigenvalue weighted by Gasteiger charge is 2.48. The van der Waals surface area contributed by atoms with Crippen LogP contribution in [0.15, 0.2) is 130 Å². The Kier molecular flexibility index (Phi) is 21.6. The van der Waals surface area contributed by atoms with Crippen LogP contribution in [-0.4, -0.2) is 123 Å². The Hall–Kier alpha value is -9.57. The number of imidazole rings is 1. The predicted molar refractivity (Wildman–Crippen MR) is 324 cm³/mol. The maximum absolute atomic E-state index is 15.5. The number of nitrogens with zero attached hydrogens (tertiary/aromatic N) is 5. The smallest absolute Gasteiger partial charge is 0.475 e. The Morgan fingerprint density at radius 1 is 0.813 bits per heavy atom. The van der Waals surface area contributed by atoms with Crippen LogP contribution in [0.25, 0.3) is 11.2 Å². The van der Waals surface area contributed by atoms with Gasteiger partial charge in [-0.25, -0.2) is 14.3 Å². The zero-order chi connectivity index (χ0) is 64.8. The summed E-state index contributed by atoms with van der Waals surface area (Å²) in [4.78, 5) is 105. The molecule has 5 heterocycles. The summed E-state index contributed by atoms with van der Waals surface area (Å²) in [6, 6.07) is 31.7. The van der Waals surface area contributed by atoms with Gasteiger partial charge in [0, 0.05) is 31.4 Å². The van der Waals surface area contributed by atoms with Crippen molar-refractivity contribution in [2.75, 3.05) is 45.9 Å². The summed E-state index contributed by atoms with van der Waals surface area (Å²) in [5, 5.41) is 24.5. The number of ether oxygens (including phenoxy) is 6. The molecule has 0 aliphatic carbocycles. The van der Waals surface area contributed by atoms with E-state index in [9.17, 15) is 43.9 Å². The molecule has 5 N–H and O–H groups in total. The Morgan fingerprint density at radius 3 is 2.09 bits per heavy atom. The average Bonchev–Trinajstić information content (AvgIpc) is 1.43. The van der Waals surface area contributed by atoms with Gasteiger partial charge in [-0.3, -0.25) is 62.0 Å². The number of aromatic hydroxyl groups is 1. The number of ketones is 1. The molecule has 7 atom stereocenters. The monoisotopic (exact) mass is 1270 g/mol. The SMILES string of the molecule is COc1ccc(C(OC[C@H]2O[C@@H](n3cc(C#CCNC(=O)Cc4ccc(O)cc4)c(=O)[nH]c3=O)CC2OP(=O)(OCCC#N)OC[C@H]2O[C@@H](n3cnc4c(=O)[nH]c(NC(=O)C(C)C)nc43)CC2OC(=O)CCC(C)=O)(c2ccccc2)c2ccc(OC)cc2)cc1. The molecule has 2 amide bonds. The van der Waals surface area contributed by atoms with Crippen molar-refractivity contribution in [2.24, 2.45) is 5.92 Å². The number of hydrogen-bond donors (Lipinski definition) is 5. The number of phenolic OH excluding ortho intramolecular Hbond substituents is 1. The fraction of sp³-hybridized carbons (Fsp3) is 0.365. The van der Waals surface area contributed by atoms with Gasteiger partial charge in [0.1, 0.15) is 71.1 Å². The molecular weight excluding hydrogens is 1200 g/mol. The maximum Gasteiger partial charge on any atom is 0.475 e. The lowest BCUT2D eigenvalue weighted by Gasteiger charge is -2.37. The molecule has 3 unspecified atom stereocenters. The number of nitrogens with one attached hydrogen (secondary N) is 4. The predicted octanol–water partition coefficient (Wildman–Crippen LogP) is 6.00. The minimum Gasteiger partial charge on any atom is -0.508 e. The van der Waals surface area contributed by atoms with Gasteiger partial charge in [-0.1, -0.05) is 92.4 Å². The highest BCUT2D eigenvalue weighted by atomic mass is 31.2. The van der Waals surface area contributed by atoms with E-state index in [1.807, 2.05) is 60.7 Å². The highest BCUT2D eigenvalue weighted by molar-refractivity contribution is 7.48. The van der Waals surface area contributed by atoms with Crippen LogP contribution in [0.4, 0.5) is 5.95 Å². The number of fused-ring (bicyclic) bond motifs is 1. The van der Waals surface area contributed by atoms with E-state index in [0.29, 0.717) is 33.8 Å². The third-order valence-electron chi connectivity index (χ3n) is 14.8.